The minimum atomic E-state index is -0.0687. The van der Waals surface area contributed by atoms with E-state index in [1.165, 1.54) is 6.42 Å². The number of hydrogen-bond acceptors (Lipinski definition) is 6. The maximum Gasteiger partial charge on any atom is 0.267 e. The fourth-order valence-electron chi connectivity index (χ4n) is 3.56. The molecule has 1 aliphatic rings. The lowest BCUT2D eigenvalue weighted by molar-refractivity contribution is 0.0950. The highest BCUT2D eigenvalue weighted by atomic mass is 16.5. The molecule has 2 aromatic rings. The van der Waals surface area contributed by atoms with Gasteiger partial charge in [-0.15, -0.1) is 0 Å². The van der Waals surface area contributed by atoms with Crippen LogP contribution in [0.2, 0.25) is 0 Å². The summed E-state index contributed by atoms with van der Waals surface area (Å²) >= 11 is 0. The van der Waals surface area contributed by atoms with Gasteiger partial charge in [-0.25, -0.2) is 0 Å². The standard InChI is InChI=1S/C18H27N5O3/c1-19-18(24)15-8-7-13(22(15)2)14-6-4-5-10-23(14)12-17-20-16(21-26-17)9-11-25-3/h7-8,14H,4-6,9-12H2,1-3H3,(H,19,24)/t14-/m0/s1. The van der Waals surface area contributed by atoms with E-state index >= 15 is 0 Å². The summed E-state index contributed by atoms with van der Waals surface area (Å²) in [6.07, 6.45) is 4.02. The van der Waals surface area contributed by atoms with E-state index in [4.69, 9.17) is 9.26 Å². The Bertz CT molecular complexity index is 739. The molecule has 0 saturated carbocycles. The van der Waals surface area contributed by atoms with E-state index in [9.17, 15) is 4.79 Å². The first kappa shape index (κ1) is 18.6. The summed E-state index contributed by atoms with van der Waals surface area (Å²) in [5, 5.41) is 6.71. The number of aromatic nitrogens is 3. The Kier molecular flexibility index (Phi) is 6.05. The number of likely N-dealkylation sites (tertiary alicyclic amines) is 1. The Balaban J connectivity index is 1.75. The van der Waals surface area contributed by atoms with Crippen molar-refractivity contribution in [2.24, 2.45) is 7.05 Å². The van der Waals surface area contributed by atoms with E-state index < -0.39 is 0 Å². The summed E-state index contributed by atoms with van der Waals surface area (Å²) in [6, 6.07) is 4.17. The Hall–Kier alpha value is -2.19. The van der Waals surface area contributed by atoms with E-state index in [0.717, 1.165) is 25.1 Å². The second kappa shape index (κ2) is 8.46. The molecule has 0 radical (unpaired) electrons. The third-order valence-electron chi connectivity index (χ3n) is 4.95. The predicted octanol–water partition coefficient (Wildman–Crippen LogP) is 1.68. The van der Waals surface area contributed by atoms with Crippen molar-refractivity contribution in [2.75, 3.05) is 27.3 Å². The monoisotopic (exact) mass is 361 g/mol. The van der Waals surface area contributed by atoms with Crippen LogP contribution in [-0.2, 0) is 24.8 Å². The van der Waals surface area contributed by atoms with Crippen LogP contribution in [0.1, 0.15) is 53.2 Å². The van der Waals surface area contributed by atoms with Crippen LogP contribution in [0.4, 0.5) is 0 Å². The summed E-state index contributed by atoms with van der Waals surface area (Å²) in [5.41, 5.74) is 1.81. The molecule has 1 amide bonds. The molecule has 1 fully saturated rings. The second-order valence-electron chi connectivity index (χ2n) is 6.61. The molecule has 0 spiro atoms. The highest BCUT2D eigenvalue weighted by Gasteiger charge is 2.28. The average molecular weight is 361 g/mol. The van der Waals surface area contributed by atoms with Crippen LogP contribution in [0.25, 0.3) is 0 Å². The molecule has 1 atom stereocenters. The van der Waals surface area contributed by atoms with Crippen molar-refractivity contribution in [2.45, 2.75) is 38.3 Å². The molecular formula is C18H27N5O3. The number of carbonyl (C=O) groups is 1. The summed E-state index contributed by atoms with van der Waals surface area (Å²) in [6.45, 7) is 2.17. The fraction of sp³-hybridized carbons (Fsp3) is 0.611. The number of amides is 1. The Labute approximate surface area is 153 Å². The molecule has 0 bridgehead atoms. The third kappa shape index (κ3) is 3.96. The number of carbonyl (C=O) groups excluding carboxylic acids is 1. The van der Waals surface area contributed by atoms with Crippen molar-refractivity contribution in [1.82, 2.24) is 24.9 Å². The molecule has 8 heteroatoms. The Morgan fingerprint density at radius 1 is 1.42 bits per heavy atom. The van der Waals surface area contributed by atoms with E-state index in [2.05, 4.69) is 20.4 Å². The van der Waals surface area contributed by atoms with Crippen molar-refractivity contribution in [3.8, 4) is 0 Å². The minimum absolute atomic E-state index is 0.0687. The molecule has 1 aliphatic heterocycles. The van der Waals surface area contributed by atoms with Crippen LogP contribution < -0.4 is 5.32 Å². The van der Waals surface area contributed by atoms with Crippen LogP contribution in [-0.4, -0.2) is 52.8 Å². The van der Waals surface area contributed by atoms with Crippen molar-refractivity contribution in [3.63, 3.8) is 0 Å². The Morgan fingerprint density at radius 2 is 2.27 bits per heavy atom. The van der Waals surface area contributed by atoms with Gasteiger partial charge in [-0.3, -0.25) is 9.69 Å². The maximum atomic E-state index is 12.0. The van der Waals surface area contributed by atoms with Crippen LogP contribution >= 0.6 is 0 Å². The molecule has 3 heterocycles. The maximum absolute atomic E-state index is 12.0. The van der Waals surface area contributed by atoms with E-state index in [-0.39, 0.29) is 11.9 Å². The molecular weight excluding hydrogens is 334 g/mol. The minimum Gasteiger partial charge on any atom is -0.384 e. The van der Waals surface area contributed by atoms with Crippen LogP contribution in [0.15, 0.2) is 16.7 Å². The van der Waals surface area contributed by atoms with Crippen molar-refractivity contribution >= 4 is 5.91 Å². The largest absolute Gasteiger partial charge is 0.384 e. The van der Waals surface area contributed by atoms with Crippen molar-refractivity contribution < 1.29 is 14.1 Å². The molecule has 3 rings (SSSR count). The molecule has 8 nitrogen and oxygen atoms in total. The summed E-state index contributed by atoms with van der Waals surface area (Å²) < 4.78 is 12.5. The molecule has 2 aromatic heterocycles. The van der Waals surface area contributed by atoms with Crippen LogP contribution in [0, 0.1) is 0 Å². The first-order valence-electron chi connectivity index (χ1n) is 9.06. The van der Waals surface area contributed by atoms with Gasteiger partial charge in [0.05, 0.1) is 19.2 Å². The zero-order chi connectivity index (χ0) is 18.5. The molecule has 1 N–H and O–H groups in total. The molecule has 0 aliphatic carbocycles. The van der Waals surface area contributed by atoms with Crippen molar-refractivity contribution in [3.05, 3.63) is 35.2 Å². The van der Waals surface area contributed by atoms with Gasteiger partial charge in [0.2, 0.25) is 5.89 Å². The summed E-state index contributed by atoms with van der Waals surface area (Å²) in [4.78, 5) is 18.8. The van der Waals surface area contributed by atoms with Gasteiger partial charge in [-0.2, -0.15) is 4.98 Å². The number of nitrogens with one attached hydrogen (secondary N) is 1. The van der Waals surface area contributed by atoms with Gasteiger partial charge in [-0.05, 0) is 31.5 Å². The predicted molar refractivity (Wildman–Crippen MR) is 95.7 cm³/mol. The number of rotatable bonds is 7. The quantitative estimate of drug-likeness (QED) is 0.808. The highest BCUT2D eigenvalue weighted by molar-refractivity contribution is 5.92. The molecule has 1 saturated heterocycles. The lowest BCUT2D eigenvalue weighted by Crippen LogP contribution is -2.34. The molecule has 0 unspecified atom stereocenters. The van der Waals surface area contributed by atoms with Gasteiger partial charge in [0.25, 0.3) is 5.91 Å². The summed E-state index contributed by atoms with van der Waals surface area (Å²) in [5.74, 6) is 1.24. The van der Waals surface area contributed by atoms with E-state index in [0.29, 0.717) is 37.0 Å². The highest BCUT2D eigenvalue weighted by Crippen LogP contribution is 2.32. The lowest BCUT2D eigenvalue weighted by Gasteiger charge is -2.35. The number of methoxy groups -OCH3 is 1. The van der Waals surface area contributed by atoms with Gasteiger partial charge in [0, 0.05) is 33.3 Å². The normalized spacial score (nSPS) is 18.2. The third-order valence-corrected chi connectivity index (χ3v) is 4.95. The summed E-state index contributed by atoms with van der Waals surface area (Å²) in [7, 11) is 5.26. The Morgan fingerprint density at radius 3 is 3.04 bits per heavy atom. The van der Waals surface area contributed by atoms with Gasteiger partial charge < -0.3 is 19.1 Å². The smallest absolute Gasteiger partial charge is 0.267 e. The average Bonchev–Trinajstić information content (AvgIpc) is 3.26. The number of hydrogen-bond donors (Lipinski definition) is 1. The number of ether oxygens (including phenoxy) is 1. The van der Waals surface area contributed by atoms with Gasteiger partial charge in [0.15, 0.2) is 5.82 Å². The van der Waals surface area contributed by atoms with Gasteiger partial charge in [0.1, 0.15) is 5.69 Å². The van der Waals surface area contributed by atoms with Crippen LogP contribution in [0.3, 0.4) is 0 Å². The first-order valence-corrected chi connectivity index (χ1v) is 9.06. The molecule has 142 valence electrons. The lowest BCUT2D eigenvalue weighted by atomic mass is 9.99. The first-order chi connectivity index (χ1) is 12.6. The fourth-order valence-corrected chi connectivity index (χ4v) is 3.56. The second-order valence-corrected chi connectivity index (χ2v) is 6.61. The zero-order valence-corrected chi connectivity index (χ0v) is 15.7. The molecule has 26 heavy (non-hydrogen) atoms. The zero-order valence-electron chi connectivity index (χ0n) is 15.7. The molecule has 0 aromatic carbocycles. The van der Waals surface area contributed by atoms with Gasteiger partial charge >= 0.3 is 0 Å². The number of nitrogens with zero attached hydrogens (tertiary/aromatic N) is 4. The number of piperidine rings is 1. The topological polar surface area (TPSA) is 85.4 Å². The van der Waals surface area contributed by atoms with E-state index in [1.54, 1.807) is 14.2 Å². The van der Waals surface area contributed by atoms with Crippen molar-refractivity contribution in [1.29, 1.82) is 0 Å². The van der Waals surface area contributed by atoms with Gasteiger partial charge in [-0.1, -0.05) is 11.6 Å². The van der Waals surface area contributed by atoms with E-state index in [1.807, 2.05) is 23.7 Å². The van der Waals surface area contributed by atoms with Crippen LogP contribution in [0.5, 0.6) is 0 Å². The SMILES string of the molecule is CNC(=O)c1ccc([C@@H]2CCCCN2Cc2nc(CCOC)no2)n1C.